The molecule has 1 heterocycles. The van der Waals surface area contributed by atoms with E-state index < -0.39 is 0 Å². The van der Waals surface area contributed by atoms with Crippen molar-refractivity contribution in [1.29, 1.82) is 0 Å². The van der Waals surface area contributed by atoms with Gasteiger partial charge in [0.25, 0.3) is 0 Å². The van der Waals surface area contributed by atoms with Crippen molar-refractivity contribution in [3.63, 3.8) is 0 Å². The third-order valence-corrected chi connectivity index (χ3v) is 6.87. The molecule has 1 saturated heterocycles. The van der Waals surface area contributed by atoms with Crippen molar-refractivity contribution in [2.24, 2.45) is 0 Å². The van der Waals surface area contributed by atoms with E-state index >= 15 is 0 Å². The summed E-state index contributed by atoms with van der Waals surface area (Å²) in [6.45, 7) is 5.22. The molecular formula is C33H34N2O3. The van der Waals surface area contributed by atoms with Gasteiger partial charge < -0.3 is 14.4 Å². The van der Waals surface area contributed by atoms with Crippen LogP contribution >= 0.6 is 0 Å². The predicted molar refractivity (Wildman–Crippen MR) is 150 cm³/mol. The third kappa shape index (κ3) is 6.88. The Hall–Kier alpha value is -3.93. The Labute approximate surface area is 225 Å². The number of rotatable bonds is 10. The molecule has 4 aromatic rings. The molecular weight excluding hydrogens is 472 g/mol. The summed E-state index contributed by atoms with van der Waals surface area (Å²) < 4.78 is 11.6. The summed E-state index contributed by atoms with van der Waals surface area (Å²) in [7, 11) is 0. The Morgan fingerprint density at radius 3 is 1.97 bits per heavy atom. The summed E-state index contributed by atoms with van der Waals surface area (Å²) in [5, 5.41) is 0. The van der Waals surface area contributed by atoms with Gasteiger partial charge in [0, 0.05) is 32.7 Å². The van der Waals surface area contributed by atoms with E-state index in [0.29, 0.717) is 13.1 Å². The van der Waals surface area contributed by atoms with Crippen molar-refractivity contribution in [2.45, 2.75) is 12.5 Å². The number of morpholine rings is 1. The van der Waals surface area contributed by atoms with Crippen LogP contribution in [-0.2, 0) is 16.1 Å². The first-order valence-electron chi connectivity index (χ1n) is 13.3. The molecule has 194 valence electrons. The van der Waals surface area contributed by atoms with Crippen LogP contribution < -0.4 is 4.74 Å². The van der Waals surface area contributed by atoms with Crippen molar-refractivity contribution in [3.8, 4) is 11.5 Å². The van der Waals surface area contributed by atoms with Crippen LogP contribution in [0.3, 0.4) is 0 Å². The van der Waals surface area contributed by atoms with Crippen LogP contribution in [0.1, 0.15) is 22.6 Å². The van der Waals surface area contributed by atoms with Crippen molar-refractivity contribution >= 4 is 5.91 Å². The van der Waals surface area contributed by atoms with Gasteiger partial charge in [-0.15, -0.1) is 0 Å². The van der Waals surface area contributed by atoms with Crippen LogP contribution in [0.4, 0.5) is 0 Å². The zero-order valence-corrected chi connectivity index (χ0v) is 21.6. The molecule has 0 atom stereocenters. The highest BCUT2D eigenvalue weighted by Gasteiger charge is 2.28. The molecule has 0 spiro atoms. The fourth-order valence-corrected chi connectivity index (χ4v) is 4.86. The summed E-state index contributed by atoms with van der Waals surface area (Å²) in [5.41, 5.74) is 3.04. The first kappa shape index (κ1) is 25.7. The lowest BCUT2D eigenvalue weighted by atomic mass is 9.90. The van der Waals surface area contributed by atoms with Gasteiger partial charge in [-0.05, 0) is 41.0 Å². The first-order valence-corrected chi connectivity index (χ1v) is 13.3. The number of benzene rings is 4. The summed E-state index contributed by atoms with van der Waals surface area (Å²) in [6, 6.07) is 38.0. The van der Waals surface area contributed by atoms with Crippen LogP contribution in [0, 0.1) is 0 Å². The Bertz CT molecular complexity index is 1240. The van der Waals surface area contributed by atoms with E-state index in [2.05, 4.69) is 11.0 Å². The van der Waals surface area contributed by atoms with E-state index in [1.54, 1.807) is 0 Å². The highest BCUT2D eigenvalue weighted by Crippen LogP contribution is 2.28. The van der Waals surface area contributed by atoms with Crippen molar-refractivity contribution in [3.05, 3.63) is 132 Å². The maximum Gasteiger partial charge on any atom is 0.234 e. The summed E-state index contributed by atoms with van der Waals surface area (Å²) in [4.78, 5) is 18.7. The number of amides is 1. The SMILES string of the molecule is O=C(C(c1ccccc1)c1ccccc1)N(CCN1CCOCC1)Cc1cccc(Oc2ccccc2)c1. The normalized spacial score (nSPS) is 13.8. The van der Waals surface area contributed by atoms with Gasteiger partial charge in [-0.1, -0.05) is 91.0 Å². The second-order valence-electron chi connectivity index (χ2n) is 9.53. The van der Waals surface area contributed by atoms with Gasteiger partial charge in [-0.25, -0.2) is 0 Å². The zero-order chi connectivity index (χ0) is 26.0. The standard InChI is InChI=1S/C33H34N2O3/c36-33(32(28-12-4-1-5-13-28)29-14-6-2-7-15-29)35(20-19-34-21-23-37-24-22-34)26-27-11-10-18-31(25-27)38-30-16-8-3-9-17-30/h1-18,25,32H,19-24,26H2. The smallest absolute Gasteiger partial charge is 0.234 e. The molecule has 1 aliphatic heterocycles. The highest BCUT2D eigenvalue weighted by molar-refractivity contribution is 5.87. The third-order valence-electron chi connectivity index (χ3n) is 6.87. The second kappa shape index (κ2) is 13.0. The Balaban J connectivity index is 1.41. The van der Waals surface area contributed by atoms with E-state index in [1.807, 2.05) is 114 Å². The van der Waals surface area contributed by atoms with Gasteiger partial charge in [0.2, 0.25) is 5.91 Å². The van der Waals surface area contributed by atoms with Crippen LogP contribution in [0.5, 0.6) is 11.5 Å². The summed E-state index contributed by atoms with van der Waals surface area (Å²) in [5.74, 6) is 1.28. The molecule has 0 bridgehead atoms. The van der Waals surface area contributed by atoms with Crippen molar-refractivity contribution in [1.82, 2.24) is 9.80 Å². The van der Waals surface area contributed by atoms with Crippen LogP contribution in [-0.4, -0.2) is 55.1 Å². The van der Waals surface area contributed by atoms with Crippen molar-refractivity contribution in [2.75, 3.05) is 39.4 Å². The van der Waals surface area contributed by atoms with Crippen LogP contribution in [0.25, 0.3) is 0 Å². The molecule has 5 heteroatoms. The minimum absolute atomic E-state index is 0.102. The topological polar surface area (TPSA) is 42.0 Å². The molecule has 0 radical (unpaired) electrons. The zero-order valence-electron chi connectivity index (χ0n) is 21.6. The molecule has 5 nitrogen and oxygen atoms in total. The molecule has 0 unspecified atom stereocenters. The number of para-hydroxylation sites is 1. The van der Waals surface area contributed by atoms with E-state index in [1.165, 1.54) is 0 Å². The molecule has 4 aromatic carbocycles. The largest absolute Gasteiger partial charge is 0.457 e. The lowest BCUT2D eigenvalue weighted by molar-refractivity contribution is -0.132. The first-order chi connectivity index (χ1) is 18.8. The molecule has 0 aliphatic carbocycles. The lowest BCUT2D eigenvalue weighted by Gasteiger charge is -2.32. The van der Waals surface area contributed by atoms with Gasteiger partial charge in [-0.3, -0.25) is 9.69 Å². The number of carbonyl (C=O) groups excluding carboxylic acids is 1. The van der Waals surface area contributed by atoms with Crippen LogP contribution in [0.15, 0.2) is 115 Å². The predicted octanol–water partition coefficient (Wildman–Crippen LogP) is 5.97. The van der Waals surface area contributed by atoms with Gasteiger partial charge in [0.1, 0.15) is 11.5 Å². The number of hydrogen-bond donors (Lipinski definition) is 0. The van der Waals surface area contributed by atoms with Crippen LogP contribution in [0.2, 0.25) is 0 Å². The summed E-state index contributed by atoms with van der Waals surface area (Å²) in [6.07, 6.45) is 0. The fraction of sp³-hybridized carbons (Fsp3) is 0.242. The van der Waals surface area contributed by atoms with E-state index in [-0.39, 0.29) is 11.8 Å². The second-order valence-corrected chi connectivity index (χ2v) is 9.53. The summed E-state index contributed by atoms with van der Waals surface area (Å²) >= 11 is 0. The number of ether oxygens (including phenoxy) is 2. The highest BCUT2D eigenvalue weighted by atomic mass is 16.5. The fourth-order valence-electron chi connectivity index (χ4n) is 4.86. The van der Waals surface area contributed by atoms with Crippen molar-refractivity contribution < 1.29 is 14.3 Å². The minimum atomic E-state index is -0.370. The lowest BCUT2D eigenvalue weighted by Crippen LogP contribution is -2.44. The van der Waals surface area contributed by atoms with E-state index in [9.17, 15) is 4.79 Å². The average Bonchev–Trinajstić information content (AvgIpc) is 2.98. The van der Waals surface area contributed by atoms with E-state index in [4.69, 9.17) is 9.47 Å². The minimum Gasteiger partial charge on any atom is -0.457 e. The van der Waals surface area contributed by atoms with Gasteiger partial charge in [0.15, 0.2) is 0 Å². The quantitative estimate of drug-likeness (QED) is 0.266. The maximum atomic E-state index is 14.3. The van der Waals surface area contributed by atoms with Gasteiger partial charge >= 0.3 is 0 Å². The Morgan fingerprint density at radius 2 is 1.34 bits per heavy atom. The Kier molecular flexibility index (Phi) is 8.82. The average molecular weight is 507 g/mol. The van der Waals surface area contributed by atoms with E-state index in [0.717, 1.165) is 61.0 Å². The van der Waals surface area contributed by atoms with Gasteiger partial charge in [0.05, 0.1) is 19.1 Å². The molecule has 5 rings (SSSR count). The number of hydrogen-bond acceptors (Lipinski definition) is 4. The number of carbonyl (C=O) groups is 1. The monoisotopic (exact) mass is 506 g/mol. The van der Waals surface area contributed by atoms with Gasteiger partial charge in [-0.2, -0.15) is 0 Å². The molecule has 1 fully saturated rings. The molecule has 0 aromatic heterocycles. The number of nitrogens with zero attached hydrogens (tertiary/aromatic N) is 2. The molecule has 0 N–H and O–H groups in total. The Morgan fingerprint density at radius 1 is 0.763 bits per heavy atom. The molecule has 1 aliphatic rings. The maximum absolute atomic E-state index is 14.3. The molecule has 38 heavy (non-hydrogen) atoms. The molecule has 0 saturated carbocycles. The molecule has 1 amide bonds.